The van der Waals surface area contributed by atoms with Crippen molar-refractivity contribution < 1.29 is 18.6 Å². The number of hydrogen-bond donors (Lipinski definition) is 2. The number of nitrogens with two attached hydrogens (primary N) is 1. The van der Waals surface area contributed by atoms with Crippen molar-refractivity contribution in [2.24, 2.45) is 5.92 Å². The third-order valence-electron chi connectivity index (χ3n) is 3.99. The zero-order valence-electron chi connectivity index (χ0n) is 16.5. The number of ether oxygens (including phenoxy) is 1. The van der Waals surface area contributed by atoms with Gasteiger partial charge in [-0.15, -0.1) is 11.8 Å². The molecule has 12 heteroatoms. The third kappa shape index (κ3) is 6.88. The Labute approximate surface area is 168 Å². The lowest BCUT2D eigenvalue weighted by molar-refractivity contribution is -0.146. The SMILES string of the molecule is CC(C)COC(=O)[C@H](C)N[P@](C)(=O)OC[C@@H]1CC[C@H](n2cnc(N)nc2=O)S1. The van der Waals surface area contributed by atoms with Crippen molar-refractivity contribution in [3.63, 3.8) is 0 Å². The molecule has 0 radical (unpaired) electrons. The predicted octanol–water partition coefficient (Wildman–Crippen LogP) is 1.63. The summed E-state index contributed by atoms with van der Waals surface area (Å²) >= 11 is 1.54. The summed E-state index contributed by atoms with van der Waals surface area (Å²) in [6.07, 6.45) is 2.92. The largest absolute Gasteiger partial charge is 0.464 e. The molecule has 0 spiro atoms. The average Bonchev–Trinajstić information content (AvgIpc) is 3.06. The number of aromatic nitrogens is 3. The third-order valence-corrected chi connectivity index (χ3v) is 7.02. The molecule has 1 fully saturated rings. The van der Waals surface area contributed by atoms with Crippen molar-refractivity contribution in [3.8, 4) is 0 Å². The Morgan fingerprint density at radius 3 is 2.82 bits per heavy atom. The van der Waals surface area contributed by atoms with Crippen LogP contribution in [-0.2, 0) is 18.6 Å². The van der Waals surface area contributed by atoms with Crippen LogP contribution in [0.5, 0.6) is 0 Å². The van der Waals surface area contributed by atoms with Crippen LogP contribution in [0.3, 0.4) is 0 Å². The number of hydrogen-bond acceptors (Lipinski definition) is 9. The van der Waals surface area contributed by atoms with Gasteiger partial charge in [0.2, 0.25) is 5.95 Å². The van der Waals surface area contributed by atoms with Gasteiger partial charge in [-0.05, 0) is 25.7 Å². The number of carbonyl (C=O) groups excluding carboxylic acids is 1. The Hall–Kier alpha value is -1.42. The topological polar surface area (TPSA) is 138 Å². The lowest BCUT2D eigenvalue weighted by atomic mass is 10.2. The molecule has 0 unspecified atom stereocenters. The number of nitrogens with zero attached hydrogens (tertiary/aromatic N) is 3. The van der Waals surface area contributed by atoms with Crippen LogP contribution in [0.25, 0.3) is 0 Å². The van der Waals surface area contributed by atoms with Gasteiger partial charge >= 0.3 is 11.7 Å². The molecule has 1 aromatic rings. The second-order valence-corrected chi connectivity index (χ2v) is 10.9. The van der Waals surface area contributed by atoms with E-state index in [4.69, 9.17) is 15.0 Å². The first-order chi connectivity index (χ1) is 13.1. The molecule has 3 N–H and O–H groups in total. The second kappa shape index (κ2) is 9.87. The smallest absolute Gasteiger partial charge is 0.353 e. The van der Waals surface area contributed by atoms with Gasteiger partial charge in [0.05, 0.1) is 18.6 Å². The van der Waals surface area contributed by atoms with Gasteiger partial charge in [0.25, 0.3) is 7.52 Å². The first-order valence-corrected chi connectivity index (χ1v) is 12.1. The number of nitrogens with one attached hydrogen (secondary N) is 1. The highest BCUT2D eigenvalue weighted by Gasteiger charge is 2.31. The highest BCUT2D eigenvalue weighted by Crippen LogP contribution is 2.44. The van der Waals surface area contributed by atoms with E-state index in [0.29, 0.717) is 6.61 Å². The molecule has 1 aromatic heterocycles. The Bertz CT molecular complexity index is 789. The normalized spacial score (nSPS) is 22.8. The minimum absolute atomic E-state index is 0.0526. The molecule has 28 heavy (non-hydrogen) atoms. The lowest BCUT2D eigenvalue weighted by Crippen LogP contribution is -2.34. The molecular formula is C16H28N5O5PS. The number of esters is 1. The average molecular weight is 433 g/mol. The van der Waals surface area contributed by atoms with E-state index in [9.17, 15) is 14.2 Å². The summed E-state index contributed by atoms with van der Waals surface area (Å²) in [5.74, 6) is -0.285. The molecule has 0 bridgehead atoms. The molecule has 1 aliphatic rings. The molecule has 1 saturated heterocycles. The molecule has 2 rings (SSSR count). The molecule has 0 saturated carbocycles. The van der Waals surface area contributed by atoms with Crippen LogP contribution < -0.4 is 16.5 Å². The van der Waals surface area contributed by atoms with Crippen LogP contribution in [-0.4, -0.2) is 51.7 Å². The fourth-order valence-corrected chi connectivity index (χ4v) is 5.47. The van der Waals surface area contributed by atoms with E-state index in [-0.39, 0.29) is 29.1 Å². The summed E-state index contributed by atoms with van der Waals surface area (Å²) in [4.78, 5) is 31.3. The maximum absolute atomic E-state index is 12.6. The standard InChI is InChI=1S/C16H28N5O5PS/c1-10(2)7-25-14(22)11(3)20-27(4,24)26-8-12-5-6-13(28-12)21-9-18-15(17)19-16(21)23/h9-13H,5-8H2,1-4H3,(H,20,24)(H2,17,19,23)/t11-,12-,13+,27+/m0/s1. The minimum Gasteiger partial charge on any atom is -0.464 e. The Morgan fingerprint density at radius 1 is 1.46 bits per heavy atom. The summed E-state index contributed by atoms with van der Waals surface area (Å²) < 4.78 is 24.8. The van der Waals surface area contributed by atoms with E-state index < -0.39 is 25.2 Å². The number of thioether (sulfide) groups is 1. The number of carbonyl (C=O) groups is 1. The van der Waals surface area contributed by atoms with Crippen LogP contribution in [0.15, 0.2) is 11.1 Å². The van der Waals surface area contributed by atoms with E-state index in [2.05, 4.69) is 15.1 Å². The predicted molar refractivity (Wildman–Crippen MR) is 108 cm³/mol. The van der Waals surface area contributed by atoms with Crippen LogP contribution in [0.1, 0.15) is 39.0 Å². The molecule has 1 aliphatic heterocycles. The molecular weight excluding hydrogens is 405 g/mol. The molecule has 0 aliphatic carbocycles. The summed E-state index contributed by atoms with van der Waals surface area (Å²) in [5.41, 5.74) is 4.97. The Kier molecular flexibility index (Phi) is 8.06. The summed E-state index contributed by atoms with van der Waals surface area (Å²) in [5, 5.41) is 2.67. The zero-order valence-corrected chi connectivity index (χ0v) is 18.2. The van der Waals surface area contributed by atoms with Crippen LogP contribution in [0, 0.1) is 5.92 Å². The summed E-state index contributed by atoms with van der Waals surface area (Å²) in [7, 11) is -3.18. The van der Waals surface area contributed by atoms with Gasteiger partial charge < -0.3 is 15.0 Å². The first-order valence-electron chi connectivity index (χ1n) is 9.10. The minimum atomic E-state index is -3.18. The molecule has 2 heterocycles. The summed E-state index contributed by atoms with van der Waals surface area (Å²) in [6, 6.07) is -0.732. The van der Waals surface area contributed by atoms with Gasteiger partial charge in [-0.2, -0.15) is 4.98 Å². The first kappa shape index (κ1) is 22.9. The quantitative estimate of drug-likeness (QED) is 0.436. The van der Waals surface area contributed by atoms with E-state index in [1.165, 1.54) is 29.3 Å². The van der Waals surface area contributed by atoms with Gasteiger partial charge in [-0.25, -0.2) is 14.9 Å². The van der Waals surface area contributed by atoms with Crippen LogP contribution >= 0.6 is 19.3 Å². The fraction of sp³-hybridized carbons (Fsp3) is 0.750. The zero-order chi connectivity index (χ0) is 20.9. The summed E-state index contributed by atoms with van der Waals surface area (Å²) in [6.45, 7) is 7.46. The molecule has 10 nitrogen and oxygen atoms in total. The van der Waals surface area contributed by atoms with Crippen molar-refractivity contribution in [1.29, 1.82) is 0 Å². The highest BCUT2D eigenvalue weighted by molar-refractivity contribution is 8.00. The van der Waals surface area contributed by atoms with Crippen LogP contribution in [0.2, 0.25) is 0 Å². The number of nitrogen functional groups attached to an aromatic ring is 1. The lowest BCUT2D eigenvalue weighted by Gasteiger charge is -2.21. The molecule has 0 amide bonds. The van der Waals surface area contributed by atoms with Gasteiger partial charge in [-0.3, -0.25) is 13.9 Å². The number of anilines is 1. The Morgan fingerprint density at radius 2 is 2.18 bits per heavy atom. The van der Waals surface area contributed by atoms with E-state index in [1.807, 2.05) is 13.8 Å². The van der Waals surface area contributed by atoms with Crippen LogP contribution in [0.4, 0.5) is 5.95 Å². The van der Waals surface area contributed by atoms with Crippen molar-refractivity contribution in [2.45, 2.75) is 50.3 Å². The monoisotopic (exact) mass is 433 g/mol. The fourth-order valence-electron chi connectivity index (χ4n) is 2.61. The van der Waals surface area contributed by atoms with Crippen molar-refractivity contribution in [2.75, 3.05) is 25.6 Å². The van der Waals surface area contributed by atoms with Crippen molar-refractivity contribution >= 4 is 31.2 Å². The highest BCUT2D eigenvalue weighted by atomic mass is 32.2. The molecule has 4 atom stereocenters. The van der Waals surface area contributed by atoms with Crippen molar-refractivity contribution in [3.05, 3.63) is 16.8 Å². The second-order valence-electron chi connectivity index (χ2n) is 7.21. The maximum Gasteiger partial charge on any atom is 0.353 e. The van der Waals surface area contributed by atoms with E-state index in [0.717, 1.165) is 12.8 Å². The molecule has 0 aromatic carbocycles. The van der Waals surface area contributed by atoms with Gasteiger partial charge in [0, 0.05) is 11.9 Å². The molecule has 158 valence electrons. The van der Waals surface area contributed by atoms with Gasteiger partial charge in [-0.1, -0.05) is 13.8 Å². The number of rotatable bonds is 9. The Balaban J connectivity index is 1.82. The van der Waals surface area contributed by atoms with E-state index in [1.54, 1.807) is 6.92 Å². The van der Waals surface area contributed by atoms with E-state index >= 15 is 0 Å². The van der Waals surface area contributed by atoms with Gasteiger partial charge in [0.1, 0.15) is 12.4 Å². The maximum atomic E-state index is 12.6. The van der Waals surface area contributed by atoms with Gasteiger partial charge in [0.15, 0.2) is 0 Å². The van der Waals surface area contributed by atoms with Crippen molar-refractivity contribution in [1.82, 2.24) is 19.6 Å².